The van der Waals surface area contributed by atoms with Crippen molar-refractivity contribution in [2.75, 3.05) is 32.8 Å². The Morgan fingerprint density at radius 3 is 2.78 bits per heavy atom. The Labute approximate surface area is 110 Å². The van der Waals surface area contributed by atoms with Gasteiger partial charge in [-0.2, -0.15) is 0 Å². The van der Waals surface area contributed by atoms with E-state index in [1.807, 2.05) is 20.8 Å². The molecule has 0 saturated carbocycles. The quantitative estimate of drug-likeness (QED) is 0.734. The number of alkyl carbamates (subject to hydrolysis) is 1. The zero-order valence-electron chi connectivity index (χ0n) is 11.8. The molecule has 1 amide bonds. The monoisotopic (exact) mass is 258 g/mol. The van der Waals surface area contributed by atoms with Gasteiger partial charge in [0.15, 0.2) is 0 Å². The van der Waals surface area contributed by atoms with Gasteiger partial charge in [0.1, 0.15) is 5.60 Å². The molecule has 1 fully saturated rings. The molecule has 1 heterocycles. The van der Waals surface area contributed by atoms with Gasteiger partial charge in [-0.1, -0.05) is 0 Å². The van der Waals surface area contributed by atoms with Crippen LogP contribution in [0, 0.1) is 5.92 Å². The number of amides is 1. The molecular weight excluding hydrogens is 232 g/mol. The van der Waals surface area contributed by atoms with E-state index in [-0.39, 0.29) is 6.09 Å². The summed E-state index contributed by atoms with van der Waals surface area (Å²) in [4.78, 5) is 11.3. The second-order valence-corrected chi connectivity index (χ2v) is 5.72. The van der Waals surface area contributed by atoms with E-state index in [2.05, 4.69) is 10.6 Å². The molecule has 0 aromatic carbocycles. The number of nitrogens with one attached hydrogen (secondary N) is 2. The summed E-state index contributed by atoms with van der Waals surface area (Å²) in [6, 6.07) is 0. The summed E-state index contributed by atoms with van der Waals surface area (Å²) in [7, 11) is 0. The van der Waals surface area contributed by atoms with E-state index >= 15 is 0 Å². The summed E-state index contributed by atoms with van der Waals surface area (Å²) in [6.07, 6.45) is 2.03. The van der Waals surface area contributed by atoms with Crippen LogP contribution in [0.5, 0.6) is 0 Å². The summed E-state index contributed by atoms with van der Waals surface area (Å²) in [6.45, 7) is 9.62. The van der Waals surface area contributed by atoms with Crippen molar-refractivity contribution in [2.45, 2.75) is 39.2 Å². The van der Waals surface area contributed by atoms with Crippen molar-refractivity contribution in [3.8, 4) is 0 Å². The van der Waals surface area contributed by atoms with Crippen molar-refractivity contribution in [3.05, 3.63) is 0 Å². The Balaban J connectivity index is 1.96. The van der Waals surface area contributed by atoms with Gasteiger partial charge in [-0.05, 0) is 39.5 Å². The molecule has 106 valence electrons. The third-order valence-electron chi connectivity index (χ3n) is 2.66. The molecule has 0 spiro atoms. The van der Waals surface area contributed by atoms with Gasteiger partial charge in [0.25, 0.3) is 0 Å². The van der Waals surface area contributed by atoms with Gasteiger partial charge in [-0.3, -0.25) is 0 Å². The van der Waals surface area contributed by atoms with Gasteiger partial charge in [-0.25, -0.2) is 4.79 Å². The fraction of sp³-hybridized carbons (Fsp3) is 0.923. The van der Waals surface area contributed by atoms with E-state index in [9.17, 15) is 4.79 Å². The molecule has 2 N–H and O–H groups in total. The van der Waals surface area contributed by atoms with E-state index in [1.54, 1.807) is 0 Å². The standard InChI is InChI=1S/C13H26N2O3/c1-13(2,3)18-12(16)15-7-6-14-9-11-5-4-8-17-10-11/h11,14H,4-10H2,1-3H3,(H,15,16). The number of carbonyl (C=O) groups is 1. The molecular formula is C13H26N2O3. The fourth-order valence-corrected chi connectivity index (χ4v) is 1.84. The minimum Gasteiger partial charge on any atom is -0.444 e. The van der Waals surface area contributed by atoms with Gasteiger partial charge in [-0.15, -0.1) is 0 Å². The molecule has 0 aromatic rings. The Kier molecular flexibility index (Phi) is 6.43. The van der Waals surface area contributed by atoms with Crippen molar-refractivity contribution in [1.29, 1.82) is 0 Å². The van der Waals surface area contributed by atoms with E-state index in [4.69, 9.17) is 9.47 Å². The number of rotatable bonds is 5. The van der Waals surface area contributed by atoms with E-state index in [1.165, 1.54) is 6.42 Å². The van der Waals surface area contributed by atoms with E-state index in [0.717, 1.165) is 32.7 Å². The first kappa shape index (κ1) is 15.2. The highest BCUT2D eigenvalue weighted by Crippen LogP contribution is 2.11. The Morgan fingerprint density at radius 2 is 2.17 bits per heavy atom. The van der Waals surface area contributed by atoms with Crippen molar-refractivity contribution < 1.29 is 14.3 Å². The van der Waals surface area contributed by atoms with Crippen LogP contribution in [0.25, 0.3) is 0 Å². The molecule has 1 rings (SSSR count). The van der Waals surface area contributed by atoms with E-state index < -0.39 is 5.60 Å². The number of hydrogen-bond acceptors (Lipinski definition) is 4. The molecule has 1 atom stereocenters. The summed E-state index contributed by atoms with van der Waals surface area (Å²) in [5, 5.41) is 6.05. The number of hydrogen-bond donors (Lipinski definition) is 2. The molecule has 5 heteroatoms. The van der Waals surface area contributed by atoms with Crippen LogP contribution in [0.15, 0.2) is 0 Å². The van der Waals surface area contributed by atoms with Crippen molar-refractivity contribution in [2.24, 2.45) is 5.92 Å². The highest BCUT2D eigenvalue weighted by molar-refractivity contribution is 5.67. The lowest BCUT2D eigenvalue weighted by atomic mass is 10.0. The SMILES string of the molecule is CC(C)(C)OC(=O)NCCNCC1CCCOC1. The molecule has 1 aliphatic rings. The molecule has 18 heavy (non-hydrogen) atoms. The van der Waals surface area contributed by atoms with E-state index in [0.29, 0.717) is 12.5 Å². The lowest BCUT2D eigenvalue weighted by molar-refractivity contribution is 0.0515. The summed E-state index contributed by atoms with van der Waals surface area (Å²) < 4.78 is 10.5. The maximum absolute atomic E-state index is 11.3. The predicted octanol–water partition coefficient (Wildman–Crippen LogP) is 1.53. The average molecular weight is 258 g/mol. The Hall–Kier alpha value is -0.810. The molecule has 1 unspecified atom stereocenters. The van der Waals surface area contributed by atoms with Crippen LogP contribution in [-0.4, -0.2) is 44.5 Å². The van der Waals surface area contributed by atoms with Gasteiger partial charge in [0.2, 0.25) is 0 Å². The summed E-state index contributed by atoms with van der Waals surface area (Å²) in [5.74, 6) is 0.611. The molecule has 1 aliphatic heterocycles. The smallest absolute Gasteiger partial charge is 0.407 e. The minimum absolute atomic E-state index is 0.356. The third-order valence-corrected chi connectivity index (χ3v) is 2.66. The van der Waals surface area contributed by atoms with Crippen LogP contribution in [0.2, 0.25) is 0 Å². The maximum Gasteiger partial charge on any atom is 0.407 e. The van der Waals surface area contributed by atoms with Gasteiger partial charge < -0.3 is 20.1 Å². The Morgan fingerprint density at radius 1 is 1.39 bits per heavy atom. The topological polar surface area (TPSA) is 59.6 Å². The first-order chi connectivity index (χ1) is 8.47. The Bertz CT molecular complexity index is 245. The average Bonchev–Trinajstić information content (AvgIpc) is 2.27. The first-order valence-electron chi connectivity index (χ1n) is 6.73. The van der Waals surface area contributed by atoms with Crippen molar-refractivity contribution in [3.63, 3.8) is 0 Å². The van der Waals surface area contributed by atoms with Crippen molar-refractivity contribution >= 4 is 6.09 Å². The second kappa shape index (κ2) is 7.59. The van der Waals surface area contributed by atoms with Crippen LogP contribution in [0.3, 0.4) is 0 Å². The molecule has 5 nitrogen and oxygen atoms in total. The van der Waals surface area contributed by atoms with Crippen LogP contribution in [0.4, 0.5) is 4.79 Å². The molecule has 0 bridgehead atoms. The highest BCUT2D eigenvalue weighted by atomic mass is 16.6. The van der Waals surface area contributed by atoms with Crippen LogP contribution in [-0.2, 0) is 9.47 Å². The molecule has 0 aromatic heterocycles. The van der Waals surface area contributed by atoms with Crippen LogP contribution < -0.4 is 10.6 Å². The predicted molar refractivity (Wildman–Crippen MR) is 70.6 cm³/mol. The van der Waals surface area contributed by atoms with Gasteiger partial charge in [0, 0.05) is 26.2 Å². The number of ether oxygens (including phenoxy) is 2. The normalized spacial score (nSPS) is 20.5. The van der Waals surface area contributed by atoms with Gasteiger partial charge >= 0.3 is 6.09 Å². The second-order valence-electron chi connectivity index (χ2n) is 5.72. The lowest BCUT2D eigenvalue weighted by Gasteiger charge is -2.22. The molecule has 1 saturated heterocycles. The number of carbonyl (C=O) groups excluding carboxylic acids is 1. The van der Waals surface area contributed by atoms with Gasteiger partial charge in [0.05, 0.1) is 6.61 Å². The molecule has 0 aliphatic carbocycles. The van der Waals surface area contributed by atoms with Crippen LogP contribution in [0.1, 0.15) is 33.6 Å². The zero-order valence-corrected chi connectivity index (χ0v) is 11.8. The summed E-state index contributed by atoms with van der Waals surface area (Å²) >= 11 is 0. The zero-order chi connectivity index (χ0) is 13.4. The lowest BCUT2D eigenvalue weighted by Crippen LogP contribution is -2.38. The fourth-order valence-electron chi connectivity index (χ4n) is 1.84. The van der Waals surface area contributed by atoms with Crippen LogP contribution >= 0.6 is 0 Å². The largest absolute Gasteiger partial charge is 0.444 e. The van der Waals surface area contributed by atoms with Crippen molar-refractivity contribution in [1.82, 2.24) is 10.6 Å². The summed E-state index contributed by atoms with van der Waals surface area (Å²) in [5.41, 5.74) is -0.434. The minimum atomic E-state index is -0.434. The first-order valence-corrected chi connectivity index (χ1v) is 6.73. The third kappa shape index (κ3) is 7.50. The maximum atomic E-state index is 11.3. The highest BCUT2D eigenvalue weighted by Gasteiger charge is 2.15. The molecule has 0 radical (unpaired) electrons.